The van der Waals surface area contributed by atoms with Gasteiger partial charge in [-0.3, -0.25) is 9.59 Å². The molecule has 6 heteroatoms. The average Bonchev–Trinajstić information content (AvgIpc) is 2.85. The number of likely N-dealkylation sites (tertiary alicyclic amines) is 1. The fourth-order valence-corrected chi connectivity index (χ4v) is 4.12. The number of Topliss-reactive ketones (excluding diaryl/α,β-unsaturated/α-hetero) is 1. The SMILES string of the molecule is CC(=O)C1=C(O)C(=O)N(CCN2CCCCC2)C1c1cccc(Br)c1. The smallest absolute Gasteiger partial charge is 0.290 e. The van der Waals surface area contributed by atoms with Gasteiger partial charge in [0.05, 0.1) is 11.6 Å². The first kappa shape index (κ1) is 18.1. The fraction of sp³-hybridized carbons (Fsp3) is 0.474. The molecule has 2 aliphatic heterocycles. The maximum absolute atomic E-state index is 12.6. The molecule has 0 aromatic heterocycles. The zero-order valence-corrected chi connectivity index (χ0v) is 16.0. The Morgan fingerprint density at radius 3 is 2.60 bits per heavy atom. The molecule has 2 heterocycles. The maximum Gasteiger partial charge on any atom is 0.290 e. The van der Waals surface area contributed by atoms with Crippen LogP contribution in [0.5, 0.6) is 0 Å². The van der Waals surface area contributed by atoms with Crippen molar-refractivity contribution >= 4 is 27.6 Å². The number of rotatable bonds is 5. The van der Waals surface area contributed by atoms with Gasteiger partial charge in [0.25, 0.3) is 5.91 Å². The number of benzene rings is 1. The molecule has 25 heavy (non-hydrogen) atoms. The van der Waals surface area contributed by atoms with E-state index in [1.807, 2.05) is 24.3 Å². The lowest BCUT2D eigenvalue weighted by Gasteiger charge is -2.31. The highest BCUT2D eigenvalue weighted by molar-refractivity contribution is 9.10. The maximum atomic E-state index is 12.6. The van der Waals surface area contributed by atoms with Gasteiger partial charge in [0, 0.05) is 17.6 Å². The molecule has 2 aliphatic rings. The van der Waals surface area contributed by atoms with Crippen molar-refractivity contribution in [1.82, 2.24) is 9.80 Å². The van der Waals surface area contributed by atoms with Crippen LogP contribution in [0.2, 0.25) is 0 Å². The van der Waals surface area contributed by atoms with E-state index in [4.69, 9.17) is 0 Å². The molecule has 1 aromatic rings. The van der Waals surface area contributed by atoms with Crippen molar-refractivity contribution in [2.45, 2.75) is 32.2 Å². The molecule has 1 amide bonds. The lowest BCUT2D eigenvalue weighted by Crippen LogP contribution is -2.40. The van der Waals surface area contributed by atoms with Crippen molar-refractivity contribution in [3.63, 3.8) is 0 Å². The van der Waals surface area contributed by atoms with Crippen LogP contribution < -0.4 is 0 Å². The second-order valence-electron chi connectivity index (χ2n) is 6.68. The molecule has 3 rings (SSSR count). The second-order valence-corrected chi connectivity index (χ2v) is 7.59. The number of aliphatic hydroxyl groups is 1. The standard InChI is InChI=1S/C19H23BrN2O3/c1-13(23)16-17(14-6-5-7-15(20)12-14)22(19(25)18(16)24)11-10-21-8-3-2-4-9-21/h5-7,12,17,24H,2-4,8-11H2,1H3. The minimum Gasteiger partial charge on any atom is -0.503 e. The number of piperidine rings is 1. The molecule has 134 valence electrons. The van der Waals surface area contributed by atoms with Gasteiger partial charge in [-0.05, 0) is 50.6 Å². The van der Waals surface area contributed by atoms with Crippen molar-refractivity contribution < 1.29 is 14.7 Å². The minimum absolute atomic E-state index is 0.196. The quantitative estimate of drug-likeness (QED) is 0.815. The van der Waals surface area contributed by atoms with Crippen LogP contribution in [0.15, 0.2) is 40.1 Å². The molecule has 0 spiro atoms. The van der Waals surface area contributed by atoms with Gasteiger partial charge >= 0.3 is 0 Å². The molecule has 1 fully saturated rings. The van der Waals surface area contributed by atoms with Crippen LogP contribution in [0.1, 0.15) is 37.8 Å². The van der Waals surface area contributed by atoms with Crippen LogP contribution >= 0.6 is 15.9 Å². The first-order chi connectivity index (χ1) is 12.0. The third kappa shape index (κ3) is 3.80. The summed E-state index contributed by atoms with van der Waals surface area (Å²) in [5.41, 5.74) is 1.03. The van der Waals surface area contributed by atoms with Gasteiger partial charge in [0.1, 0.15) is 0 Å². The molecular formula is C19H23BrN2O3. The van der Waals surface area contributed by atoms with E-state index in [2.05, 4.69) is 20.8 Å². The Balaban J connectivity index is 1.87. The molecule has 1 atom stereocenters. The van der Waals surface area contributed by atoms with Gasteiger partial charge < -0.3 is 14.9 Å². The number of carbonyl (C=O) groups excluding carboxylic acids is 2. The van der Waals surface area contributed by atoms with E-state index in [9.17, 15) is 14.7 Å². The average molecular weight is 407 g/mol. The van der Waals surface area contributed by atoms with Crippen LogP contribution in [0.25, 0.3) is 0 Å². The first-order valence-electron chi connectivity index (χ1n) is 8.72. The van der Waals surface area contributed by atoms with E-state index in [0.717, 1.165) is 29.7 Å². The topological polar surface area (TPSA) is 60.9 Å². The molecule has 0 aliphatic carbocycles. The van der Waals surface area contributed by atoms with E-state index < -0.39 is 17.7 Å². The van der Waals surface area contributed by atoms with Crippen molar-refractivity contribution in [1.29, 1.82) is 0 Å². The van der Waals surface area contributed by atoms with Gasteiger partial charge in [-0.15, -0.1) is 0 Å². The van der Waals surface area contributed by atoms with Crippen LogP contribution in [0.4, 0.5) is 0 Å². The van der Waals surface area contributed by atoms with Crippen LogP contribution in [-0.2, 0) is 9.59 Å². The summed E-state index contributed by atoms with van der Waals surface area (Å²) < 4.78 is 0.878. The van der Waals surface area contributed by atoms with Crippen molar-refractivity contribution in [2.24, 2.45) is 0 Å². The number of amides is 1. The molecule has 1 unspecified atom stereocenters. The Bertz CT molecular complexity index is 710. The lowest BCUT2D eigenvalue weighted by atomic mass is 9.97. The number of carbonyl (C=O) groups is 2. The Labute approximate surface area is 156 Å². The van der Waals surface area contributed by atoms with Gasteiger partial charge in [-0.25, -0.2) is 0 Å². The van der Waals surface area contributed by atoms with E-state index in [1.165, 1.54) is 26.2 Å². The van der Waals surface area contributed by atoms with Gasteiger partial charge in [-0.1, -0.05) is 34.5 Å². The van der Waals surface area contributed by atoms with Gasteiger partial charge in [0.15, 0.2) is 11.5 Å². The Morgan fingerprint density at radius 1 is 1.24 bits per heavy atom. The normalized spacial score (nSPS) is 21.9. The molecule has 1 saturated heterocycles. The predicted octanol–water partition coefficient (Wildman–Crippen LogP) is 3.22. The lowest BCUT2D eigenvalue weighted by molar-refractivity contribution is -0.129. The number of ketones is 1. The minimum atomic E-state index is -0.521. The number of halogens is 1. The third-order valence-electron chi connectivity index (χ3n) is 4.95. The summed E-state index contributed by atoms with van der Waals surface area (Å²) in [6.07, 6.45) is 3.63. The first-order valence-corrected chi connectivity index (χ1v) is 9.51. The van der Waals surface area contributed by atoms with Crippen LogP contribution in [0, 0.1) is 0 Å². The summed E-state index contributed by atoms with van der Waals surface area (Å²) in [7, 11) is 0. The molecule has 5 nitrogen and oxygen atoms in total. The van der Waals surface area contributed by atoms with E-state index in [0.29, 0.717) is 6.54 Å². The molecule has 1 N–H and O–H groups in total. The summed E-state index contributed by atoms with van der Waals surface area (Å²) in [4.78, 5) is 28.7. The molecule has 1 aromatic carbocycles. The third-order valence-corrected chi connectivity index (χ3v) is 5.45. The van der Waals surface area contributed by atoms with Crippen LogP contribution in [-0.4, -0.2) is 52.8 Å². The number of aliphatic hydroxyl groups excluding tert-OH is 1. The van der Waals surface area contributed by atoms with Crippen molar-refractivity contribution in [2.75, 3.05) is 26.2 Å². The molecule has 0 bridgehead atoms. The largest absolute Gasteiger partial charge is 0.503 e. The monoisotopic (exact) mass is 406 g/mol. The Kier molecular flexibility index (Phi) is 5.59. The Morgan fingerprint density at radius 2 is 1.96 bits per heavy atom. The predicted molar refractivity (Wildman–Crippen MR) is 99.2 cm³/mol. The zero-order valence-electron chi connectivity index (χ0n) is 14.4. The summed E-state index contributed by atoms with van der Waals surface area (Å²) >= 11 is 3.44. The fourth-order valence-electron chi connectivity index (χ4n) is 3.70. The highest BCUT2D eigenvalue weighted by Crippen LogP contribution is 2.38. The highest BCUT2D eigenvalue weighted by Gasteiger charge is 2.42. The van der Waals surface area contributed by atoms with E-state index in [1.54, 1.807) is 4.90 Å². The number of hydrogen-bond donors (Lipinski definition) is 1. The van der Waals surface area contributed by atoms with Crippen LogP contribution in [0.3, 0.4) is 0 Å². The van der Waals surface area contributed by atoms with Crippen molar-refractivity contribution in [3.05, 3.63) is 45.6 Å². The van der Waals surface area contributed by atoms with E-state index >= 15 is 0 Å². The van der Waals surface area contributed by atoms with Crippen molar-refractivity contribution in [3.8, 4) is 0 Å². The van der Waals surface area contributed by atoms with E-state index in [-0.39, 0.29) is 11.4 Å². The number of nitrogens with zero attached hydrogens (tertiary/aromatic N) is 2. The highest BCUT2D eigenvalue weighted by atomic mass is 79.9. The summed E-state index contributed by atoms with van der Waals surface area (Å²) in [5, 5.41) is 10.3. The molecule has 0 radical (unpaired) electrons. The number of hydrogen-bond acceptors (Lipinski definition) is 4. The van der Waals surface area contributed by atoms with Gasteiger partial charge in [-0.2, -0.15) is 0 Å². The van der Waals surface area contributed by atoms with Gasteiger partial charge in [0.2, 0.25) is 0 Å². The summed E-state index contributed by atoms with van der Waals surface area (Å²) in [6, 6.07) is 7.04. The second kappa shape index (κ2) is 7.70. The Hall–Kier alpha value is -1.66. The summed E-state index contributed by atoms with van der Waals surface area (Å²) in [6.45, 7) is 4.74. The summed E-state index contributed by atoms with van der Waals surface area (Å²) in [5.74, 6) is -1.13. The molecular weight excluding hydrogens is 384 g/mol. The zero-order chi connectivity index (χ0) is 18.0. The molecule has 0 saturated carbocycles.